The Morgan fingerprint density at radius 3 is 3.12 bits per heavy atom. The molecule has 1 aliphatic heterocycles. The smallest absolute Gasteiger partial charge is 0.123 e. The van der Waals surface area contributed by atoms with Crippen LogP contribution in [0, 0.1) is 17.1 Å². The van der Waals surface area contributed by atoms with E-state index in [0.717, 1.165) is 36.0 Å². The molecular formula is C18H23FN4O. The normalized spacial score (nSPS) is 16.3. The van der Waals surface area contributed by atoms with Crippen LogP contribution in [0.15, 0.2) is 18.2 Å². The zero-order chi connectivity index (χ0) is 17.1. The van der Waals surface area contributed by atoms with Crippen molar-refractivity contribution in [2.45, 2.75) is 25.5 Å². The summed E-state index contributed by atoms with van der Waals surface area (Å²) in [6.45, 7) is 3.39. The maximum atomic E-state index is 13.5. The van der Waals surface area contributed by atoms with Crippen molar-refractivity contribution in [1.29, 1.82) is 5.26 Å². The molecule has 1 aromatic carbocycles. The number of likely N-dealkylation sites (N-methyl/N-ethyl adjacent to an activating group) is 1. The minimum absolute atomic E-state index is 0.222. The summed E-state index contributed by atoms with van der Waals surface area (Å²) in [5.74, 6) is -0.222. The molecule has 1 aromatic heterocycles. The summed E-state index contributed by atoms with van der Waals surface area (Å²) in [5, 5.41) is 19.8. The van der Waals surface area contributed by atoms with Gasteiger partial charge in [-0.25, -0.2) is 4.39 Å². The number of aliphatic hydroxyl groups is 1. The molecule has 0 aliphatic carbocycles. The van der Waals surface area contributed by atoms with Gasteiger partial charge in [-0.1, -0.05) is 0 Å². The first-order valence-electron chi connectivity index (χ1n) is 8.31. The fourth-order valence-corrected chi connectivity index (χ4v) is 3.45. The number of nitrogens with one attached hydrogen (secondary N) is 1. The number of fused-ring (bicyclic) bond motifs is 3. The third-order valence-corrected chi connectivity index (χ3v) is 4.61. The summed E-state index contributed by atoms with van der Waals surface area (Å²) in [6.07, 6.45) is 0.886. The monoisotopic (exact) mass is 330 g/mol. The van der Waals surface area contributed by atoms with Crippen LogP contribution in [0.1, 0.15) is 17.7 Å². The van der Waals surface area contributed by atoms with E-state index in [4.69, 9.17) is 5.26 Å². The predicted molar refractivity (Wildman–Crippen MR) is 91.0 cm³/mol. The third-order valence-electron chi connectivity index (χ3n) is 4.61. The molecule has 128 valence electrons. The fourth-order valence-electron chi connectivity index (χ4n) is 3.45. The van der Waals surface area contributed by atoms with E-state index in [0.29, 0.717) is 26.1 Å². The molecule has 0 saturated heterocycles. The van der Waals surface area contributed by atoms with E-state index < -0.39 is 6.10 Å². The molecule has 2 N–H and O–H groups in total. The molecule has 24 heavy (non-hydrogen) atoms. The molecule has 0 amide bonds. The molecule has 6 heteroatoms. The van der Waals surface area contributed by atoms with Crippen LogP contribution in [-0.2, 0) is 13.0 Å². The van der Waals surface area contributed by atoms with E-state index in [9.17, 15) is 9.50 Å². The summed E-state index contributed by atoms with van der Waals surface area (Å²) >= 11 is 0. The van der Waals surface area contributed by atoms with E-state index in [1.54, 1.807) is 12.1 Å². The third kappa shape index (κ3) is 3.75. The maximum Gasteiger partial charge on any atom is 0.123 e. The molecule has 0 saturated carbocycles. The van der Waals surface area contributed by atoms with Crippen molar-refractivity contribution < 1.29 is 9.50 Å². The molecule has 0 fully saturated rings. The van der Waals surface area contributed by atoms with Gasteiger partial charge in [-0.2, -0.15) is 5.26 Å². The van der Waals surface area contributed by atoms with Gasteiger partial charge in [0, 0.05) is 62.2 Å². The van der Waals surface area contributed by atoms with Gasteiger partial charge in [-0.3, -0.25) is 4.90 Å². The van der Waals surface area contributed by atoms with Crippen LogP contribution in [0.4, 0.5) is 4.39 Å². The van der Waals surface area contributed by atoms with Gasteiger partial charge < -0.3 is 15.0 Å². The molecule has 0 spiro atoms. The average Bonchev–Trinajstić information content (AvgIpc) is 2.90. The SMILES string of the molecule is CN(CCC#N)C[C@@H](O)CN1CCc2[nH]c3ccc(F)cc3c2C1. The summed E-state index contributed by atoms with van der Waals surface area (Å²) in [7, 11) is 1.91. The molecule has 1 aliphatic rings. The second-order valence-corrected chi connectivity index (χ2v) is 6.58. The summed E-state index contributed by atoms with van der Waals surface area (Å²) in [5.41, 5.74) is 3.29. The first-order valence-corrected chi connectivity index (χ1v) is 8.31. The molecule has 2 heterocycles. The Morgan fingerprint density at radius 2 is 2.33 bits per heavy atom. The molecule has 0 unspecified atom stereocenters. The van der Waals surface area contributed by atoms with Crippen LogP contribution in [0.3, 0.4) is 0 Å². The quantitative estimate of drug-likeness (QED) is 0.849. The molecule has 0 bridgehead atoms. The van der Waals surface area contributed by atoms with Crippen molar-refractivity contribution >= 4 is 10.9 Å². The highest BCUT2D eigenvalue weighted by molar-refractivity contribution is 5.84. The van der Waals surface area contributed by atoms with Crippen LogP contribution < -0.4 is 0 Å². The van der Waals surface area contributed by atoms with Crippen molar-refractivity contribution in [2.75, 3.05) is 33.2 Å². The minimum atomic E-state index is -0.461. The number of aromatic amines is 1. The van der Waals surface area contributed by atoms with Gasteiger partial charge >= 0.3 is 0 Å². The number of aliphatic hydroxyl groups excluding tert-OH is 1. The second-order valence-electron chi connectivity index (χ2n) is 6.58. The van der Waals surface area contributed by atoms with E-state index in [1.807, 2.05) is 11.9 Å². The number of aromatic nitrogens is 1. The number of hydrogen-bond acceptors (Lipinski definition) is 4. The van der Waals surface area contributed by atoms with Crippen molar-refractivity contribution in [2.24, 2.45) is 0 Å². The second kappa shape index (κ2) is 7.31. The Balaban J connectivity index is 1.63. The number of nitrogens with zero attached hydrogens (tertiary/aromatic N) is 3. The Morgan fingerprint density at radius 1 is 1.50 bits per heavy atom. The van der Waals surface area contributed by atoms with Crippen molar-refractivity contribution in [3.8, 4) is 6.07 Å². The van der Waals surface area contributed by atoms with Gasteiger partial charge in [-0.05, 0) is 30.8 Å². The maximum absolute atomic E-state index is 13.5. The minimum Gasteiger partial charge on any atom is -0.390 e. The largest absolute Gasteiger partial charge is 0.390 e. The molecule has 5 nitrogen and oxygen atoms in total. The van der Waals surface area contributed by atoms with E-state index in [2.05, 4.69) is 16.0 Å². The van der Waals surface area contributed by atoms with Crippen LogP contribution in [0.5, 0.6) is 0 Å². The van der Waals surface area contributed by atoms with Gasteiger partial charge in [0.15, 0.2) is 0 Å². The first kappa shape index (κ1) is 16.9. The van der Waals surface area contributed by atoms with Crippen LogP contribution >= 0.6 is 0 Å². The predicted octanol–water partition coefficient (Wildman–Crippen LogP) is 1.87. The van der Waals surface area contributed by atoms with Crippen LogP contribution in [0.2, 0.25) is 0 Å². The van der Waals surface area contributed by atoms with E-state index >= 15 is 0 Å². The molecule has 3 rings (SSSR count). The number of β-amino-alcohol motifs (C(OH)–C–C–N with tert-alkyl or cyclic N) is 1. The molecule has 0 radical (unpaired) electrons. The van der Waals surface area contributed by atoms with Gasteiger partial charge in [-0.15, -0.1) is 0 Å². The van der Waals surface area contributed by atoms with Crippen LogP contribution in [-0.4, -0.2) is 59.2 Å². The lowest BCUT2D eigenvalue weighted by Gasteiger charge is -2.30. The van der Waals surface area contributed by atoms with Crippen molar-refractivity contribution in [3.05, 3.63) is 35.3 Å². The molecule has 1 atom stereocenters. The van der Waals surface area contributed by atoms with Crippen molar-refractivity contribution in [1.82, 2.24) is 14.8 Å². The van der Waals surface area contributed by atoms with Crippen molar-refractivity contribution in [3.63, 3.8) is 0 Å². The Kier molecular flexibility index (Phi) is 5.14. The number of rotatable bonds is 6. The van der Waals surface area contributed by atoms with Gasteiger partial charge in [0.05, 0.1) is 12.2 Å². The highest BCUT2D eigenvalue weighted by Gasteiger charge is 2.22. The topological polar surface area (TPSA) is 66.3 Å². The van der Waals surface area contributed by atoms with Gasteiger partial charge in [0.1, 0.15) is 5.82 Å². The van der Waals surface area contributed by atoms with E-state index in [-0.39, 0.29) is 5.82 Å². The zero-order valence-corrected chi connectivity index (χ0v) is 13.9. The van der Waals surface area contributed by atoms with Gasteiger partial charge in [0.25, 0.3) is 0 Å². The highest BCUT2D eigenvalue weighted by atomic mass is 19.1. The standard InChI is InChI=1S/C18H23FN4O/c1-22(7-2-6-20)10-14(24)11-23-8-5-18-16(12-23)15-9-13(19)3-4-17(15)21-18/h3-4,9,14,21,24H,2,5,7-8,10-12H2,1H3/t14-/m1/s1. The van der Waals surface area contributed by atoms with E-state index in [1.165, 1.54) is 11.8 Å². The Hall–Kier alpha value is -1.94. The lowest BCUT2D eigenvalue weighted by molar-refractivity contribution is 0.0774. The zero-order valence-electron chi connectivity index (χ0n) is 13.9. The first-order chi connectivity index (χ1) is 11.6. The Bertz CT molecular complexity index is 751. The number of nitriles is 1. The number of hydrogen-bond donors (Lipinski definition) is 2. The lowest BCUT2D eigenvalue weighted by atomic mass is 10.0. The molecule has 2 aromatic rings. The lowest BCUT2D eigenvalue weighted by Crippen LogP contribution is -2.41. The number of H-pyrrole nitrogens is 1. The molecular weight excluding hydrogens is 307 g/mol. The number of halogens is 1. The summed E-state index contributed by atoms with van der Waals surface area (Å²) in [4.78, 5) is 7.57. The highest BCUT2D eigenvalue weighted by Crippen LogP contribution is 2.28. The Labute approximate surface area is 141 Å². The number of benzene rings is 1. The summed E-state index contributed by atoms with van der Waals surface area (Å²) in [6, 6.07) is 6.96. The van der Waals surface area contributed by atoms with Gasteiger partial charge in [0.2, 0.25) is 0 Å². The fraction of sp³-hybridized carbons (Fsp3) is 0.500. The summed E-state index contributed by atoms with van der Waals surface area (Å²) < 4.78 is 13.5. The average molecular weight is 330 g/mol. The van der Waals surface area contributed by atoms with Crippen LogP contribution in [0.25, 0.3) is 10.9 Å².